The van der Waals surface area contributed by atoms with Crippen LogP contribution >= 0.6 is 0 Å². The number of H-pyrrole nitrogens is 1. The van der Waals surface area contributed by atoms with E-state index in [0.29, 0.717) is 26.0 Å². The van der Waals surface area contributed by atoms with Crippen LogP contribution in [0.3, 0.4) is 0 Å². The highest BCUT2D eigenvalue weighted by Gasteiger charge is 2.48. The van der Waals surface area contributed by atoms with Crippen molar-refractivity contribution in [2.24, 2.45) is 0 Å². The number of aromatic amines is 1. The lowest BCUT2D eigenvalue weighted by atomic mass is 9.86. The summed E-state index contributed by atoms with van der Waals surface area (Å²) in [6.45, 7) is 1.17. The monoisotopic (exact) mass is 433 g/mol. The van der Waals surface area contributed by atoms with E-state index >= 15 is 0 Å². The lowest BCUT2D eigenvalue weighted by Crippen LogP contribution is -2.63. The quantitative estimate of drug-likeness (QED) is 0.607. The van der Waals surface area contributed by atoms with Gasteiger partial charge in [-0.2, -0.15) is 0 Å². The Morgan fingerprint density at radius 3 is 2.75 bits per heavy atom. The van der Waals surface area contributed by atoms with E-state index in [2.05, 4.69) is 11.1 Å². The van der Waals surface area contributed by atoms with Gasteiger partial charge in [0.15, 0.2) is 0 Å². The van der Waals surface area contributed by atoms with E-state index in [-0.39, 0.29) is 24.4 Å². The first-order valence-corrected chi connectivity index (χ1v) is 10.9. The third-order valence-electron chi connectivity index (χ3n) is 6.53. The van der Waals surface area contributed by atoms with Gasteiger partial charge in [-0.3, -0.25) is 9.59 Å². The van der Waals surface area contributed by atoms with Gasteiger partial charge in [0, 0.05) is 43.3 Å². The van der Waals surface area contributed by atoms with Gasteiger partial charge in [0.2, 0.25) is 11.8 Å². The average molecular weight is 434 g/mol. The van der Waals surface area contributed by atoms with E-state index in [1.807, 2.05) is 42.5 Å². The topological polar surface area (TPSA) is 74.9 Å². The van der Waals surface area contributed by atoms with E-state index < -0.39 is 6.04 Å². The number of rotatable bonds is 6. The molecule has 2 aromatic carbocycles. The van der Waals surface area contributed by atoms with Crippen LogP contribution in [0.2, 0.25) is 0 Å². The normalized spacial score (nSPS) is 20.4. The Balaban J connectivity index is 1.62. The van der Waals surface area contributed by atoms with Crippen molar-refractivity contribution in [1.82, 2.24) is 14.8 Å². The fourth-order valence-electron chi connectivity index (χ4n) is 5.07. The minimum absolute atomic E-state index is 0.00419. The van der Waals surface area contributed by atoms with E-state index in [0.717, 1.165) is 33.5 Å². The maximum Gasteiger partial charge on any atom is 0.246 e. The lowest BCUT2D eigenvalue weighted by molar-refractivity contribution is -0.158. The number of aromatic nitrogens is 1. The maximum absolute atomic E-state index is 13.5. The van der Waals surface area contributed by atoms with Crippen molar-refractivity contribution in [2.75, 3.05) is 33.9 Å². The number of nitrogens with one attached hydrogen (secondary N) is 1. The van der Waals surface area contributed by atoms with E-state index in [1.54, 1.807) is 24.0 Å². The molecule has 0 aliphatic carbocycles. The third kappa shape index (κ3) is 3.33. The van der Waals surface area contributed by atoms with Crippen molar-refractivity contribution >= 4 is 22.7 Å². The molecule has 2 amide bonds. The molecule has 7 nitrogen and oxygen atoms in total. The van der Waals surface area contributed by atoms with Crippen molar-refractivity contribution < 1.29 is 19.1 Å². The number of ether oxygens (including phenoxy) is 2. The Morgan fingerprint density at radius 1 is 1.09 bits per heavy atom. The molecule has 5 rings (SSSR count). The fourth-order valence-corrected chi connectivity index (χ4v) is 5.07. The summed E-state index contributed by atoms with van der Waals surface area (Å²) < 4.78 is 10.6. The number of amides is 2. The maximum atomic E-state index is 13.5. The summed E-state index contributed by atoms with van der Waals surface area (Å²) in [5, 5.41) is 1.10. The van der Waals surface area contributed by atoms with E-state index in [1.165, 1.54) is 0 Å². The van der Waals surface area contributed by atoms with Gasteiger partial charge in [-0.05, 0) is 35.7 Å². The number of para-hydroxylation sites is 1. The number of nitrogens with zero attached hydrogens (tertiary/aromatic N) is 2. The first-order valence-electron chi connectivity index (χ1n) is 10.9. The lowest BCUT2D eigenvalue weighted by Gasteiger charge is -2.47. The summed E-state index contributed by atoms with van der Waals surface area (Å²) in [6, 6.07) is 15.0. The van der Waals surface area contributed by atoms with Crippen molar-refractivity contribution in [2.45, 2.75) is 24.9 Å². The number of hydrogen-bond acceptors (Lipinski definition) is 4. The average Bonchev–Trinajstić information content (AvgIpc) is 3.19. The second-order valence-corrected chi connectivity index (χ2v) is 8.37. The molecule has 1 fully saturated rings. The van der Waals surface area contributed by atoms with Gasteiger partial charge in [-0.1, -0.05) is 30.3 Å². The number of hydrogen-bond donors (Lipinski definition) is 1. The smallest absolute Gasteiger partial charge is 0.246 e. The zero-order chi connectivity index (χ0) is 22.2. The molecule has 2 aliphatic rings. The fraction of sp³-hybridized carbons (Fsp3) is 0.360. The minimum Gasteiger partial charge on any atom is -0.497 e. The predicted molar refractivity (Wildman–Crippen MR) is 121 cm³/mol. The molecule has 0 spiro atoms. The first-order chi connectivity index (χ1) is 15.6. The van der Waals surface area contributed by atoms with Crippen LogP contribution in [0.4, 0.5) is 0 Å². The predicted octanol–water partition coefficient (Wildman–Crippen LogP) is 2.90. The van der Waals surface area contributed by atoms with Gasteiger partial charge in [0.1, 0.15) is 11.8 Å². The first kappa shape index (κ1) is 20.6. The third-order valence-corrected chi connectivity index (χ3v) is 6.53. The molecule has 0 radical (unpaired) electrons. The van der Waals surface area contributed by atoms with Crippen LogP contribution in [0.25, 0.3) is 10.9 Å². The molecule has 2 aliphatic heterocycles. The molecule has 0 bridgehead atoms. The number of piperazine rings is 1. The molecule has 166 valence electrons. The zero-order valence-corrected chi connectivity index (χ0v) is 18.3. The van der Waals surface area contributed by atoms with Gasteiger partial charge in [-0.25, -0.2) is 0 Å². The summed E-state index contributed by atoms with van der Waals surface area (Å²) >= 11 is 0. The highest BCUT2D eigenvalue weighted by molar-refractivity contribution is 5.97. The summed E-state index contributed by atoms with van der Waals surface area (Å²) in [5.74, 6) is 0.688. The summed E-state index contributed by atoms with van der Waals surface area (Å²) in [4.78, 5) is 34.0. The molecule has 2 atom stereocenters. The Morgan fingerprint density at radius 2 is 1.94 bits per heavy atom. The molecule has 0 saturated carbocycles. The molecule has 3 heterocycles. The van der Waals surface area contributed by atoms with Crippen molar-refractivity contribution in [1.29, 1.82) is 0 Å². The number of methoxy groups -OCH3 is 2. The molecule has 7 heteroatoms. The molecular formula is C25H27N3O4. The Hall–Kier alpha value is -3.32. The highest BCUT2D eigenvalue weighted by Crippen LogP contribution is 2.43. The number of carbonyl (C=O) groups is 2. The van der Waals surface area contributed by atoms with Crippen molar-refractivity contribution in [3.05, 3.63) is 65.4 Å². The molecule has 1 saturated heterocycles. The molecular weight excluding hydrogens is 406 g/mol. The highest BCUT2D eigenvalue weighted by atomic mass is 16.5. The van der Waals surface area contributed by atoms with Crippen LogP contribution in [0.15, 0.2) is 48.5 Å². The van der Waals surface area contributed by atoms with Crippen molar-refractivity contribution in [3.63, 3.8) is 0 Å². The van der Waals surface area contributed by atoms with Crippen LogP contribution in [-0.4, -0.2) is 66.6 Å². The Kier molecular flexibility index (Phi) is 5.35. The summed E-state index contributed by atoms with van der Waals surface area (Å²) in [7, 11) is 3.27. The Bertz CT molecular complexity index is 1170. The van der Waals surface area contributed by atoms with Gasteiger partial charge >= 0.3 is 0 Å². The molecule has 1 N–H and O–H groups in total. The van der Waals surface area contributed by atoms with Crippen LogP contribution in [0, 0.1) is 0 Å². The Labute approximate surface area is 186 Å². The zero-order valence-electron chi connectivity index (χ0n) is 18.3. The molecule has 1 aromatic heterocycles. The van der Waals surface area contributed by atoms with Crippen LogP contribution < -0.4 is 4.74 Å². The minimum atomic E-state index is -0.526. The van der Waals surface area contributed by atoms with E-state index in [4.69, 9.17) is 9.47 Å². The standard InChI is InChI=1S/C25H27N3O4/c1-31-12-6-11-27-15-22(29)28-21(25(27)30)14-19-18-9-3-4-10-20(18)26-23(19)24(28)16-7-5-8-17(13-16)32-2/h3-5,7-10,13,21,24,26H,6,11-12,14-15H2,1-2H3/t21-,24-/m0/s1. The molecule has 0 unspecified atom stereocenters. The number of benzene rings is 2. The van der Waals surface area contributed by atoms with Crippen LogP contribution in [-0.2, 0) is 20.7 Å². The van der Waals surface area contributed by atoms with Crippen LogP contribution in [0.1, 0.15) is 29.3 Å². The largest absolute Gasteiger partial charge is 0.497 e. The van der Waals surface area contributed by atoms with Gasteiger partial charge in [0.25, 0.3) is 0 Å². The number of carbonyl (C=O) groups excluding carboxylic acids is 2. The summed E-state index contributed by atoms with van der Waals surface area (Å²) in [6.07, 6.45) is 1.21. The van der Waals surface area contributed by atoms with Crippen molar-refractivity contribution in [3.8, 4) is 5.75 Å². The van der Waals surface area contributed by atoms with E-state index in [9.17, 15) is 9.59 Å². The number of fused-ring (bicyclic) bond motifs is 4. The summed E-state index contributed by atoms with van der Waals surface area (Å²) in [5.41, 5.74) is 4.03. The van der Waals surface area contributed by atoms with Gasteiger partial charge < -0.3 is 24.3 Å². The second-order valence-electron chi connectivity index (χ2n) is 8.37. The van der Waals surface area contributed by atoms with Gasteiger partial charge in [-0.15, -0.1) is 0 Å². The molecule has 32 heavy (non-hydrogen) atoms. The molecule has 3 aromatic rings. The van der Waals surface area contributed by atoms with Gasteiger partial charge in [0.05, 0.1) is 19.7 Å². The second kappa shape index (κ2) is 8.31. The van der Waals surface area contributed by atoms with Crippen LogP contribution in [0.5, 0.6) is 5.75 Å². The SMILES string of the molecule is COCCCN1CC(=O)N2[C@@H](c3cccc(OC)c3)c3[nH]c4ccccc4c3C[C@H]2C1=O.